The second-order valence-electron chi connectivity index (χ2n) is 2.92. The minimum atomic E-state index is -0.368. The normalized spacial score (nSPS) is 12.2. The van der Waals surface area contributed by atoms with Gasteiger partial charge in [-0.05, 0) is 25.0 Å². The van der Waals surface area contributed by atoms with Crippen molar-refractivity contribution in [3.05, 3.63) is 29.8 Å². The van der Waals surface area contributed by atoms with Gasteiger partial charge in [-0.2, -0.15) is 0 Å². The number of benzene rings is 1. The van der Waals surface area contributed by atoms with Crippen LogP contribution in [-0.4, -0.2) is 12.4 Å². The molecule has 0 N–H and O–H groups in total. The first-order chi connectivity index (χ1) is 6.27. The lowest BCUT2D eigenvalue weighted by Crippen LogP contribution is -2.13. The first-order valence-electron chi connectivity index (χ1n) is 4.47. The van der Waals surface area contributed by atoms with Crippen molar-refractivity contribution >= 4 is 6.29 Å². The Morgan fingerprint density at radius 1 is 1.46 bits per heavy atom. The van der Waals surface area contributed by atoms with E-state index >= 15 is 0 Å². The standard InChI is InChI=1S/C11H14O2/c1-3-10-6-4-5-7-11(10)13-9(2)8-12/h4-9H,3H2,1-2H3. The zero-order valence-electron chi connectivity index (χ0n) is 7.99. The van der Waals surface area contributed by atoms with Crippen LogP contribution in [-0.2, 0) is 11.2 Å². The van der Waals surface area contributed by atoms with E-state index in [0.29, 0.717) is 0 Å². The van der Waals surface area contributed by atoms with Crippen molar-refractivity contribution in [1.29, 1.82) is 0 Å². The molecule has 0 fully saturated rings. The van der Waals surface area contributed by atoms with Crippen LogP contribution in [0.5, 0.6) is 5.75 Å². The van der Waals surface area contributed by atoms with Gasteiger partial charge in [0.15, 0.2) is 12.4 Å². The maximum Gasteiger partial charge on any atom is 0.160 e. The number of carbonyl (C=O) groups excluding carboxylic acids is 1. The van der Waals surface area contributed by atoms with E-state index in [-0.39, 0.29) is 6.10 Å². The van der Waals surface area contributed by atoms with Crippen molar-refractivity contribution in [2.75, 3.05) is 0 Å². The van der Waals surface area contributed by atoms with Gasteiger partial charge in [0.1, 0.15) is 5.75 Å². The fraction of sp³-hybridized carbons (Fsp3) is 0.364. The third-order valence-electron chi connectivity index (χ3n) is 1.86. The summed E-state index contributed by atoms with van der Waals surface area (Å²) in [7, 11) is 0. The van der Waals surface area contributed by atoms with Gasteiger partial charge < -0.3 is 4.74 Å². The summed E-state index contributed by atoms with van der Waals surface area (Å²) in [5.41, 5.74) is 1.14. The highest BCUT2D eigenvalue weighted by Crippen LogP contribution is 2.19. The molecule has 0 spiro atoms. The Labute approximate surface area is 78.5 Å². The molecule has 1 atom stereocenters. The van der Waals surface area contributed by atoms with Crippen LogP contribution in [0.15, 0.2) is 24.3 Å². The minimum absolute atomic E-state index is 0.368. The summed E-state index contributed by atoms with van der Waals surface area (Å²) in [5.74, 6) is 0.810. The summed E-state index contributed by atoms with van der Waals surface area (Å²) in [6.45, 7) is 3.80. The smallest absolute Gasteiger partial charge is 0.160 e. The Morgan fingerprint density at radius 3 is 2.77 bits per heavy atom. The van der Waals surface area contributed by atoms with E-state index in [1.807, 2.05) is 24.3 Å². The highest BCUT2D eigenvalue weighted by atomic mass is 16.5. The van der Waals surface area contributed by atoms with Gasteiger partial charge in [-0.25, -0.2) is 0 Å². The Hall–Kier alpha value is -1.31. The van der Waals surface area contributed by atoms with Gasteiger partial charge in [0, 0.05) is 0 Å². The van der Waals surface area contributed by atoms with Crippen molar-refractivity contribution < 1.29 is 9.53 Å². The Morgan fingerprint density at radius 2 is 2.15 bits per heavy atom. The average molecular weight is 178 g/mol. The minimum Gasteiger partial charge on any atom is -0.483 e. The van der Waals surface area contributed by atoms with E-state index in [1.54, 1.807) is 6.92 Å². The van der Waals surface area contributed by atoms with E-state index in [4.69, 9.17) is 4.74 Å². The van der Waals surface area contributed by atoms with Crippen molar-refractivity contribution in [3.63, 3.8) is 0 Å². The second kappa shape index (κ2) is 4.65. The van der Waals surface area contributed by atoms with Crippen molar-refractivity contribution in [3.8, 4) is 5.75 Å². The molecule has 0 aliphatic heterocycles. The summed E-state index contributed by atoms with van der Waals surface area (Å²) in [6, 6.07) is 7.77. The van der Waals surface area contributed by atoms with E-state index < -0.39 is 0 Å². The molecule has 70 valence electrons. The molecule has 0 amide bonds. The lowest BCUT2D eigenvalue weighted by Gasteiger charge is -2.11. The number of aryl methyl sites for hydroxylation is 1. The van der Waals surface area contributed by atoms with Gasteiger partial charge in [0.2, 0.25) is 0 Å². The molecule has 13 heavy (non-hydrogen) atoms. The molecule has 0 aliphatic carbocycles. The maximum absolute atomic E-state index is 10.4. The molecule has 0 bridgehead atoms. The van der Waals surface area contributed by atoms with Crippen LogP contribution in [0, 0.1) is 0 Å². The first-order valence-corrected chi connectivity index (χ1v) is 4.47. The van der Waals surface area contributed by atoms with Crippen LogP contribution in [0.1, 0.15) is 19.4 Å². The molecule has 0 heterocycles. The SMILES string of the molecule is CCc1ccccc1OC(C)C=O. The predicted octanol–water partition coefficient (Wildman–Crippen LogP) is 2.22. The van der Waals surface area contributed by atoms with Gasteiger partial charge in [-0.15, -0.1) is 0 Å². The van der Waals surface area contributed by atoms with E-state index in [2.05, 4.69) is 6.92 Å². The van der Waals surface area contributed by atoms with E-state index in [0.717, 1.165) is 24.0 Å². The van der Waals surface area contributed by atoms with Crippen LogP contribution in [0.4, 0.5) is 0 Å². The zero-order valence-corrected chi connectivity index (χ0v) is 7.99. The molecule has 1 rings (SSSR count). The second-order valence-corrected chi connectivity index (χ2v) is 2.92. The summed E-state index contributed by atoms with van der Waals surface area (Å²) >= 11 is 0. The van der Waals surface area contributed by atoms with Gasteiger partial charge in [0.05, 0.1) is 0 Å². The van der Waals surface area contributed by atoms with Gasteiger partial charge in [-0.1, -0.05) is 25.1 Å². The van der Waals surface area contributed by atoms with Gasteiger partial charge in [-0.3, -0.25) is 4.79 Å². The van der Waals surface area contributed by atoms with Crippen molar-refractivity contribution in [2.45, 2.75) is 26.4 Å². The molecule has 0 aliphatic rings. The number of carbonyl (C=O) groups is 1. The summed E-state index contributed by atoms with van der Waals surface area (Å²) in [4.78, 5) is 10.4. The quantitative estimate of drug-likeness (QED) is 0.661. The monoisotopic (exact) mass is 178 g/mol. The molecule has 0 radical (unpaired) electrons. The van der Waals surface area contributed by atoms with E-state index in [9.17, 15) is 4.79 Å². The molecule has 1 aromatic carbocycles. The summed E-state index contributed by atoms with van der Waals surface area (Å²) < 4.78 is 5.42. The number of para-hydroxylation sites is 1. The van der Waals surface area contributed by atoms with Crippen LogP contribution >= 0.6 is 0 Å². The van der Waals surface area contributed by atoms with Crippen LogP contribution < -0.4 is 4.74 Å². The molecule has 0 saturated carbocycles. The molecule has 0 saturated heterocycles. The Kier molecular flexibility index (Phi) is 3.50. The largest absolute Gasteiger partial charge is 0.483 e. The Balaban J connectivity index is 2.80. The van der Waals surface area contributed by atoms with Gasteiger partial charge >= 0.3 is 0 Å². The van der Waals surface area contributed by atoms with Crippen molar-refractivity contribution in [1.82, 2.24) is 0 Å². The summed E-state index contributed by atoms with van der Waals surface area (Å²) in [5, 5.41) is 0. The number of aldehydes is 1. The third-order valence-corrected chi connectivity index (χ3v) is 1.86. The molecular weight excluding hydrogens is 164 g/mol. The number of hydrogen-bond donors (Lipinski definition) is 0. The topological polar surface area (TPSA) is 26.3 Å². The average Bonchev–Trinajstić information content (AvgIpc) is 2.18. The fourth-order valence-electron chi connectivity index (χ4n) is 1.14. The Bertz CT molecular complexity index is 281. The lowest BCUT2D eigenvalue weighted by atomic mass is 10.1. The molecule has 2 heteroatoms. The fourth-order valence-corrected chi connectivity index (χ4v) is 1.14. The molecule has 1 unspecified atom stereocenters. The van der Waals surface area contributed by atoms with Crippen LogP contribution in [0.3, 0.4) is 0 Å². The summed E-state index contributed by atoms with van der Waals surface area (Å²) in [6.07, 6.45) is 1.35. The highest BCUT2D eigenvalue weighted by Gasteiger charge is 2.04. The number of hydrogen-bond acceptors (Lipinski definition) is 2. The highest BCUT2D eigenvalue weighted by molar-refractivity contribution is 5.56. The maximum atomic E-state index is 10.4. The lowest BCUT2D eigenvalue weighted by molar-refractivity contribution is -0.113. The molecule has 1 aromatic rings. The molecule has 0 aromatic heterocycles. The van der Waals surface area contributed by atoms with E-state index in [1.165, 1.54) is 0 Å². The molecule has 2 nitrogen and oxygen atoms in total. The number of ether oxygens (including phenoxy) is 1. The first kappa shape index (κ1) is 9.78. The van der Waals surface area contributed by atoms with Crippen molar-refractivity contribution in [2.24, 2.45) is 0 Å². The zero-order chi connectivity index (χ0) is 9.68. The third kappa shape index (κ3) is 2.58. The van der Waals surface area contributed by atoms with Crippen LogP contribution in [0.25, 0.3) is 0 Å². The van der Waals surface area contributed by atoms with Gasteiger partial charge in [0.25, 0.3) is 0 Å². The molecular formula is C11H14O2. The number of rotatable bonds is 4. The predicted molar refractivity (Wildman–Crippen MR) is 52.0 cm³/mol. The van der Waals surface area contributed by atoms with Crippen LogP contribution in [0.2, 0.25) is 0 Å².